The molecule has 0 amide bonds. The van der Waals surface area contributed by atoms with Crippen molar-refractivity contribution in [2.45, 2.75) is 19.6 Å². The molecular formula is C19H20ClFN4O. The van der Waals surface area contributed by atoms with Gasteiger partial charge in [-0.2, -0.15) is 5.26 Å². The summed E-state index contributed by atoms with van der Waals surface area (Å²) in [5, 5.41) is 15.7. The third kappa shape index (κ3) is 5.94. The second-order valence-electron chi connectivity index (χ2n) is 5.61. The Kier molecular flexibility index (Phi) is 7.24. The van der Waals surface area contributed by atoms with Crippen LogP contribution in [0.1, 0.15) is 18.1 Å². The van der Waals surface area contributed by atoms with E-state index in [2.05, 4.69) is 15.6 Å². The van der Waals surface area contributed by atoms with Gasteiger partial charge in [-0.1, -0.05) is 11.6 Å². The van der Waals surface area contributed by atoms with E-state index in [1.165, 1.54) is 18.2 Å². The third-order valence-electron chi connectivity index (χ3n) is 3.55. The molecule has 26 heavy (non-hydrogen) atoms. The quantitative estimate of drug-likeness (QED) is 0.600. The van der Waals surface area contributed by atoms with Crippen LogP contribution in [0.5, 0.6) is 5.75 Å². The Hall–Kier alpha value is -2.78. The van der Waals surface area contributed by atoms with Gasteiger partial charge >= 0.3 is 0 Å². The summed E-state index contributed by atoms with van der Waals surface area (Å²) in [4.78, 5) is 4.10. The lowest BCUT2D eigenvalue weighted by atomic mass is 10.1. The van der Waals surface area contributed by atoms with Crippen LogP contribution in [0.4, 0.5) is 4.39 Å². The molecule has 0 saturated heterocycles. The smallest absolute Gasteiger partial charge is 0.191 e. The van der Waals surface area contributed by atoms with Crippen molar-refractivity contribution >= 4 is 17.6 Å². The first-order valence-electron chi connectivity index (χ1n) is 8.07. The zero-order valence-corrected chi connectivity index (χ0v) is 15.3. The van der Waals surface area contributed by atoms with E-state index in [9.17, 15) is 4.39 Å². The minimum atomic E-state index is -0.369. The van der Waals surface area contributed by atoms with E-state index >= 15 is 0 Å². The lowest BCUT2D eigenvalue weighted by Crippen LogP contribution is -2.41. The minimum absolute atomic E-state index is 0.117. The maximum Gasteiger partial charge on any atom is 0.191 e. The Labute approximate surface area is 157 Å². The van der Waals surface area contributed by atoms with E-state index in [0.29, 0.717) is 28.7 Å². The molecule has 0 fully saturated rings. The van der Waals surface area contributed by atoms with Crippen LogP contribution in [0.3, 0.4) is 0 Å². The molecular weight excluding hydrogens is 355 g/mol. The number of ether oxygens (including phenoxy) is 1. The fourth-order valence-electron chi connectivity index (χ4n) is 2.21. The van der Waals surface area contributed by atoms with Gasteiger partial charge in [0.2, 0.25) is 0 Å². The fourth-order valence-corrected chi connectivity index (χ4v) is 2.33. The first-order chi connectivity index (χ1) is 12.5. The third-order valence-corrected chi connectivity index (χ3v) is 3.80. The van der Waals surface area contributed by atoms with Crippen LogP contribution < -0.4 is 15.4 Å². The van der Waals surface area contributed by atoms with Crippen molar-refractivity contribution in [3.05, 3.63) is 64.4 Å². The molecule has 5 nitrogen and oxygen atoms in total. The summed E-state index contributed by atoms with van der Waals surface area (Å²) in [5.74, 6) is 0.867. The highest BCUT2D eigenvalue weighted by Gasteiger charge is 2.08. The van der Waals surface area contributed by atoms with Crippen LogP contribution in [-0.2, 0) is 6.54 Å². The highest BCUT2D eigenvalue weighted by molar-refractivity contribution is 6.30. The van der Waals surface area contributed by atoms with Crippen LogP contribution in [0, 0.1) is 17.1 Å². The number of hydrogen-bond donors (Lipinski definition) is 2. The zero-order chi connectivity index (χ0) is 18.9. The van der Waals surface area contributed by atoms with Crippen LogP contribution >= 0.6 is 11.6 Å². The molecule has 1 unspecified atom stereocenters. The van der Waals surface area contributed by atoms with Gasteiger partial charge in [0, 0.05) is 24.2 Å². The van der Waals surface area contributed by atoms with Crippen molar-refractivity contribution in [2.24, 2.45) is 4.99 Å². The molecule has 2 aromatic carbocycles. The van der Waals surface area contributed by atoms with Crippen LogP contribution in [0.15, 0.2) is 47.5 Å². The Balaban J connectivity index is 1.84. The molecule has 1 atom stereocenters. The van der Waals surface area contributed by atoms with Gasteiger partial charge in [0.05, 0.1) is 18.2 Å². The van der Waals surface area contributed by atoms with Crippen molar-refractivity contribution in [3.8, 4) is 11.8 Å². The van der Waals surface area contributed by atoms with Gasteiger partial charge in [-0.05, 0) is 49.4 Å². The molecule has 0 radical (unpaired) electrons. The molecule has 2 rings (SSSR count). The largest absolute Gasteiger partial charge is 0.489 e. The molecule has 2 aromatic rings. The SMILES string of the molecule is CN=C(NCc1cc(C#N)ccc1F)NCC(C)Oc1ccc(Cl)cc1. The average Bonchev–Trinajstić information content (AvgIpc) is 2.65. The molecule has 0 aromatic heterocycles. The highest BCUT2D eigenvalue weighted by Crippen LogP contribution is 2.16. The van der Waals surface area contributed by atoms with E-state index in [1.807, 2.05) is 13.0 Å². The molecule has 2 N–H and O–H groups in total. The number of guanidine groups is 1. The second-order valence-corrected chi connectivity index (χ2v) is 6.04. The van der Waals surface area contributed by atoms with Gasteiger partial charge in [0.1, 0.15) is 17.7 Å². The first kappa shape index (κ1) is 19.5. The number of aliphatic imine (C=N–C) groups is 1. The molecule has 0 bridgehead atoms. The van der Waals surface area contributed by atoms with Gasteiger partial charge in [0.25, 0.3) is 0 Å². The maximum atomic E-state index is 13.8. The molecule has 0 aliphatic carbocycles. The van der Waals surface area contributed by atoms with Crippen molar-refractivity contribution < 1.29 is 9.13 Å². The summed E-state index contributed by atoms with van der Waals surface area (Å²) in [6.45, 7) is 2.64. The van der Waals surface area contributed by atoms with E-state index < -0.39 is 0 Å². The molecule has 0 spiro atoms. The summed E-state index contributed by atoms with van der Waals surface area (Å²) in [7, 11) is 1.63. The van der Waals surface area contributed by atoms with E-state index in [1.54, 1.807) is 31.3 Å². The van der Waals surface area contributed by atoms with Crippen LogP contribution in [-0.4, -0.2) is 25.7 Å². The lowest BCUT2D eigenvalue weighted by molar-refractivity contribution is 0.224. The molecule has 136 valence electrons. The zero-order valence-electron chi connectivity index (χ0n) is 14.6. The number of nitrogens with zero attached hydrogens (tertiary/aromatic N) is 2. The monoisotopic (exact) mass is 374 g/mol. The van der Waals surface area contributed by atoms with Gasteiger partial charge in [-0.25, -0.2) is 4.39 Å². The molecule has 7 heteroatoms. The number of hydrogen-bond acceptors (Lipinski definition) is 3. The highest BCUT2D eigenvalue weighted by atomic mass is 35.5. The molecule has 0 aliphatic rings. The topological polar surface area (TPSA) is 69.4 Å². The van der Waals surface area contributed by atoms with Gasteiger partial charge in [0.15, 0.2) is 5.96 Å². The van der Waals surface area contributed by atoms with Crippen molar-refractivity contribution in [3.63, 3.8) is 0 Å². The fraction of sp³-hybridized carbons (Fsp3) is 0.263. The number of nitrogens with one attached hydrogen (secondary N) is 2. The Morgan fingerprint density at radius 2 is 2.00 bits per heavy atom. The Morgan fingerprint density at radius 1 is 1.27 bits per heavy atom. The van der Waals surface area contributed by atoms with Crippen LogP contribution in [0.2, 0.25) is 5.02 Å². The lowest BCUT2D eigenvalue weighted by Gasteiger charge is -2.18. The van der Waals surface area contributed by atoms with Crippen molar-refractivity contribution in [1.82, 2.24) is 10.6 Å². The summed E-state index contributed by atoms with van der Waals surface area (Å²) < 4.78 is 19.6. The standard InChI is InChI=1S/C19H20ClFN4O/c1-13(26-17-6-4-16(20)5-7-17)11-24-19(23-2)25-12-15-9-14(10-22)3-8-18(15)21/h3-9,13H,11-12H2,1-2H3,(H2,23,24,25). The van der Waals surface area contributed by atoms with Crippen molar-refractivity contribution in [2.75, 3.05) is 13.6 Å². The van der Waals surface area contributed by atoms with Gasteiger partial charge in [-0.3, -0.25) is 4.99 Å². The number of benzene rings is 2. The van der Waals surface area contributed by atoms with Gasteiger partial charge < -0.3 is 15.4 Å². The second kappa shape index (κ2) is 9.64. The Morgan fingerprint density at radius 3 is 2.65 bits per heavy atom. The van der Waals surface area contributed by atoms with E-state index in [0.717, 1.165) is 5.75 Å². The molecule has 0 heterocycles. The normalized spacial score (nSPS) is 12.2. The number of nitriles is 1. The molecule has 0 aliphatic heterocycles. The van der Waals surface area contributed by atoms with Crippen LogP contribution in [0.25, 0.3) is 0 Å². The Bertz CT molecular complexity index is 802. The van der Waals surface area contributed by atoms with E-state index in [4.69, 9.17) is 21.6 Å². The van der Waals surface area contributed by atoms with Crippen molar-refractivity contribution in [1.29, 1.82) is 5.26 Å². The number of halogens is 2. The predicted molar refractivity (Wildman–Crippen MR) is 101 cm³/mol. The summed E-state index contributed by atoms with van der Waals surface area (Å²) in [6.07, 6.45) is -0.117. The van der Waals surface area contributed by atoms with E-state index in [-0.39, 0.29) is 18.5 Å². The minimum Gasteiger partial charge on any atom is -0.489 e. The molecule has 0 saturated carbocycles. The average molecular weight is 375 g/mol. The van der Waals surface area contributed by atoms with Gasteiger partial charge in [-0.15, -0.1) is 0 Å². The maximum absolute atomic E-state index is 13.8. The number of rotatable bonds is 6. The predicted octanol–water partition coefficient (Wildman–Crippen LogP) is 3.48. The summed E-state index contributed by atoms with van der Waals surface area (Å²) >= 11 is 5.85. The summed E-state index contributed by atoms with van der Waals surface area (Å²) in [6, 6.07) is 13.4. The first-order valence-corrected chi connectivity index (χ1v) is 8.45. The summed E-state index contributed by atoms with van der Waals surface area (Å²) in [5.41, 5.74) is 0.814.